The van der Waals surface area contributed by atoms with Gasteiger partial charge in [-0.15, -0.1) is 22.7 Å². The molecule has 3 heteroatoms. The second-order valence-corrected chi connectivity index (χ2v) is 4.82. The Hall–Kier alpha value is -0.670. The molecule has 2 heterocycles. The van der Waals surface area contributed by atoms with Gasteiger partial charge in [0.25, 0.3) is 0 Å². The van der Waals surface area contributed by atoms with E-state index >= 15 is 0 Å². The van der Waals surface area contributed by atoms with E-state index in [4.69, 9.17) is 0 Å². The van der Waals surface area contributed by atoms with Crippen molar-refractivity contribution in [2.24, 2.45) is 0 Å². The van der Waals surface area contributed by atoms with Crippen LogP contribution in [0.1, 0.15) is 12.5 Å². The molecular weight excluding hydrogens is 188 g/mol. The molecule has 0 amide bonds. The Morgan fingerprint density at radius 3 is 3.08 bits per heavy atom. The van der Waals surface area contributed by atoms with E-state index in [2.05, 4.69) is 16.8 Å². The number of ketones is 1. The third kappa shape index (κ3) is 1.30. The zero-order valence-corrected chi connectivity index (χ0v) is 8.30. The first-order valence-electron chi connectivity index (χ1n) is 3.70. The minimum Gasteiger partial charge on any atom is -0.300 e. The predicted octanol–water partition coefficient (Wildman–Crippen LogP) is 3.09. The van der Waals surface area contributed by atoms with Gasteiger partial charge in [-0.1, -0.05) is 0 Å². The van der Waals surface area contributed by atoms with E-state index in [1.54, 1.807) is 29.6 Å². The van der Waals surface area contributed by atoms with Crippen LogP contribution >= 0.6 is 22.7 Å². The summed E-state index contributed by atoms with van der Waals surface area (Å²) in [5.74, 6) is 0.237. The molecule has 0 radical (unpaired) electrons. The summed E-state index contributed by atoms with van der Waals surface area (Å²) in [4.78, 5) is 10.9. The molecule has 0 aromatic carbocycles. The van der Waals surface area contributed by atoms with Crippen molar-refractivity contribution in [3.8, 4) is 0 Å². The molecule has 0 bridgehead atoms. The summed E-state index contributed by atoms with van der Waals surface area (Å²) in [6.07, 6.45) is 0.580. The van der Waals surface area contributed by atoms with Crippen molar-refractivity contribution in [2.75, 3.05) is 0 Å². The Morgan fingerprint density at radius 1 is 1.50 bits per heavy atom. The second kappa shape index (κ2) is 2.99. The first-order valence-corrected chi connectivity index (χ1v) is 5.46. The monoisotopic (exact) mass is 196 g/mol. The fourth-order valence-corrected chi connectivity index (χ4v) is 3.19. The highest BCUT2D eigenvalue weighted by Gasteiger charge is 2.06. The van der Waals surface area contributed by atoms with Crippen LogP contribution in [-0.2, 0) is 11.2 Å². The number of Topliss-reactive ketones (excluding diaryl/α,β-unsaturated/α-hetero) is 1. The standard InChI is InChI=1S/C9H8OS2/c1-6(10)4-7-5-12-9-8(7)2-3-11-9/h2-3,5H,4H2,1H3. The zero-order valence-electron chi connectivity index (χ0n) is 6.66. The predicted molar refractivity (Wildman–Crippen MR) is 54.1 cm³/mol. The van der Waals surface area contributed by atoms with Gasteiger partial charge >= 0.3 is 0 Å². The van der Waals surface area contributed by atoms with E-state index in [1.165, 1.54) is 15.0 Å². The van der Waals surface area contributed by atoms with Gasteiger partial charge in [-0.3, -0.25) is 4.79 Å². The van der Waals surface area contributed by atoms with Crippen LogP contribution < -0.4 is 0 Å². The summed E-state index contributed by atoms with van der Waals surface area (Å²) >= 11 is 3.47. The third-order valence-electron chi connectivity index (χ3n) is 1.72. The molecule has 0 aliphatic rings. The maximum Gasteiger partial charge on any atom is 0.134 e. The minimum absolute atomic E-state index is 0.237. The Kier molecular flexibility index (Phi) is 1.98. The average Bonchev–Trinajstić information content (AvgIpc) is 2.52. The van der Waals surface area contributed by atoms with E-state index in [0.29, 0.717) is 6.42 Å². The van der Waals surface area contributed by atoms with E-state index in [0.717, 1.165) is 0 Å². The number of thiophene rings is 2. The van der Waals surface area contributed by atoms with E-state index in [-0.39, 0.29) is 5.78 Å². The smallest absolute Gasteiger partial charge is 0.134 e. The molecule has 0 saturated carbocycles. The van der Waals surface area contributed by atoms with Gasteiger partial charge in [0, 0.05) is 11.8 Å². The normalized spacial score (nSPS) is 10.8. The summed E-state index contributed by atoms with van der Waals surface area (Å²) in [7, 11) is 0. The van der Waals surface area contributed by atoms with Gasteiger partial charge in [0.15, 0.2) is 0 Å². The number of carbonyl (C=O) groups excluding carboxylic acids is 1. The molecule has 2 aromatic rings. The fourth-order valence-electron chi connectivity index (χ4n) is 1.22. The lowest BCUT2D eigenvalue weighted by Gasteiger charge is -1.90. The van der Waals surface area contributed by atoms with Crippen molar-refractivity contribution in [3.05, 3.63) is 22.4 Å². The lowest BCUT2D eigenvalue weighted by Crippen LogP contribution is -1.93. The first kappa shape index (κ1) is 7.95. The molecule has 0 unspecified atom stereocenters. The highest BCUT2D eigenvalue weighted by molar-refractivity contribution is 7.36. The lowest BCUT2D eigenvalue weighted by atomic mass is 10.1. The molecule has 0 saturated heterocycles. The Morgan fingerprint density at radius 2 is 2.33 bits per heavy atom. The third-order valence-corrected chi connectivity index (χ3v) is 3.84. The molecule has 0 atom stereocenters. The van der Waals surface area contributed by atoms with Crippen LogP contribution in [0.3, 0.4) is 0 Å². The average molecular weight is 196 g/mol. The molecule has 0 aliphatic heterocycles. The van der Waals surface area contributed by atoms with Gasteiger partial charge in [0.05, 0.1) is 4.01 Å². The molecule has 1 nitrogen and oxygen atoms in total. The molecule has 0 spiro atoms. The number of hydrogen-bond donors (Lipinski definition) is 0. The Bertz CT molecular complexity index is 411. The van der Waals surface area contributed by atoms with E-state index < -0.39 is 0 Å². The SMILES string of the molecule is CC(=O)Cc1csc2sccc12. The molecule has 2 rings (SSSR count). The van der Waals surface area contributed by atoms with Gasteiger partial charge in [0.2, 0.25) is 0 Å². The van der Waals surface area contributed by atoms with Gasteiger partial charge < -0.3 is 0 Å². The van der Waals surface area contributed by atoms with Gasteiger partial charge in [0.1, 0.15) is 5.78 Å². The molecular formula is C9H8OS2. The van der Waals surface area contributed by atoms with Gasteiger partial charge in [-0.05, 0) is 29.3 Å². The van der Waals surface area contributed by atoms with Crippen LogP contribution in [0.2, 0.25) is 0 Å². The van der Waals surface area contributed by atoms with Crippen LogP contribution in [0.15, 0.2) is 16.8 Å². The minimum atomic E-state index is 0.237. The van der Waals surface area contributed by atoms with Crippen molar-refractivity contribution >= 4 is 37.9 Å². The van der Waals surface area contributed by atoms with Gasteiger partial charge in [-0.25, -0.2) is 0 Å². The highest BCUT2D eigenvalue weighted by Crippen LogP contribution is 2.30. The maximum atomic E-state index is 10.9. The van der Waals surface area contributed by atoms with E-state index in [1.807, 2.05) is 0 Å². The number of fused-ring (bicyclic) bond motifs is 1. The van der Waals surface area contributed by atoms with Gasteiger partial charge in [-0.2, -0.15) is 0 Å². The molecule has 62 valence electrons. The largest absolute Gasteiger partial charge is 0.300 e. The van der Waals surface area contributed by atoms with Crippen LogP contribution in [0.4, 0.5) is 0 Å². The molecule has 0 N–H and O–H groups in total. The van der Waals surface area contributed by atoms with Crippen LogP contribution in [0, 0.1) is 0 Å². The fraction of sp³-hybridized carbons (Fsp3) is 0.222. The topological polar surface area (TPSA) is 17.1 Å². The van der Waals surface area contributed by atoms with Crippen molar-refractivity contribution < 1.29 is 4.79 Å². The first-order chi connectivity index (χ1) is 5.77. The number of rotatable bonds is 2. The highest BCUT2D eigenvalue weighted by atomic mass is 32.2. The summed E-state index contributed by atoms with van der Waals surface area (Å²) in [5.41, 5.74) is 1.18. The molecule has 0 aliphatic carbocycles. The lowest BCUT2D eigenvalue weighted by molar-refractivity contribution is -0.116. The summed E-state index contributed by atoms with van der Waals surface area (Å²) in [6.45, 7) is 1.63. The van der Waals surface area contributed by atoms with Crippen LogP contribution in [-0.4, -0.2) is 5.78 Å². The summed E-state index contributed by atoms with van der Waals surface area (Å²) in [5, 5.41) is 5.42. The zero-order chi connectivity index (χ0) is 8.55. The second-order valence-electron chi connectivity index (χ2n) is 2.76. The molecule has 0 fully saturated rings. The summed E-state index contributed by atoms with van der Waals surface area (Å²) in [6, 6.07) is 2.09. The maximum absolute atomic E-state index is 10.9. The van der Waals surface area contributed by atoms with Crippen molar-refractivity contribution in [1.82, 2.24) is 0 Å². The van der Waals surface area contributed by atoms with E-state index in [9.17, 15) is 4.79 Å². The molecule has 2 aromatic heterocycles. The van der Waals surface area contributed by atoms with Crippen LogP contribution in [0.25, 0.3) is 9.40 Å². The quantitative estimate of drug-likeness (QED) is 0.721. The van der Waals surface area contributed by atoms with Crippen molar-refractivity contribution in [1.29, 1.82) is 0 Å². The molecule has 12 heavy (non-hydrogen) atoms. The number of hydrogen-bond acceptors (Lipinski definition) is 3. The summed E-state index contributed by atoms with van der Waals surface area (Å²) < 4.78 is 1.33. The van der Waals surface area contributed by atoms with Crippen molar-refractivity contribution in [2.45, 2.75) is 13.3 Å². The van der Waals surface area contributed by atoms with Crippen LogP contribution in [0.5, 0.6) is 0 Å². The Balaban J connectivity index is 2.47. The van der Waals surface area contributed by atoms with Crippen molar-refractivity contribution in [3.63, 3.8) is 0 Å². The number of carbonyl (C=O) groups is 1. The Labute approximate surface area is 78.7 Å².